The molecule has 1 heterocycles. The van der Waals surface area contributed by atoms with Crippen LogP contribution in [0.2, 0.25) is 0 Å². The van der Waals surface area contributed by atoms with Crippen molar-refractivity contribution < 1.29 is 4.79 Å². The van der Waals surface area contributed by atoms with E-state index in [1.54, 1.807) is 0 Å². The SMILES string of the molecule is Cc1ccc(-n2c(SCC(=O)N(Cc3ccccc3)C(C)(C)C)nnc2-c2ccc(C(C)(C)C)cc2)cc1. The zero-order valence-electron chi connectivity index (χ0n) is 23.5. The first-order valence-electron chi connectivity index (χ1n) is 13.0. The molecule has 1 amide bonds. The highest BCUT2D eigenvalue weighted by molar-refractivity contribution is 7.99. The van der Waals surface area contributed by atoms with Crippen LogP contribution in [-0.4, -0.2) is 36.9 Å². The highest BCUT2D eigenvalue weighted by Crippen LogP contribution is 2.31. The number of aryl methyl sites for hydroxylation is 1. The van der Waals surface area contributed by atoms with Crippen molar-refractivity contribution in [2.45, 2.75) is 71.1 Å². The number of nitrogens with zero attached hydrogens (tertiary/aromatic N) is 4. The third-order valence-electron chi connectivity index (χ3n) is 6.55. The topological polar surface area (TPSA) is 51.0 Å². The Balaban J connectivity index is 1.64. The molecule has 0 atom stereocenters. The summed E-state index contributed by atoms with van der Waals surface area (Å²) in [5, 5.41) is 9.83. The van der Waals surface area contributed by atoms with Crippen LogP contribution in [-0.2, 0) is 16.8 Å². The molecule has 4 aromatic rings. The molecule has 0 N–H and O–H groups in total. The summed E-state index contributed by atoms with van der Waals surface area (Å²) in [6.07, 6.45) is 0. The molecule has 198 valence electrons. The molecule has 0 saturated carbocycles. The van der Waals surface area contributed by atoms with E-state index in [1.807, 2.05) is 23.1 Å². The maximum absolute atomic E-state index is 13.5. The number of hydrogen-bond acceptors (Lipinski definition) is 4. The van der Waals surface area contributed by atoms with Crippen molar-refractivity contribution >= 4 is 17.7 Å². The molecular weight excluding hydrogens is 488 g/mol. The van der Waals surface area contributed by atoms with Gasteiger partial charge in [0.05, 0.1) is 5.75 Å². The van der Waals surface area contributed by atoms with Crippen molar-refractivity contribution in [1.82, 2.24) is 19.7 Å². The smallest absolute Gasteiger partial charge is 0.233 e. The second-order valence-electron chi connectivity index (χ2n) is 11.7. The number of rotatable bonds is 7. The number of hydrogen-bond donors (Lipinski definition) is 0. The lowest BCUT2D eigenvalue weighted by Crippen LogP contribution is -2.45. The van der Waals surface area contributed by atoms with E-state index in [1.165, 1.54) is 22.9 Å². The van der Waals surface area contributed by atoms with Crippen LogP contribution >= 0.6 is 11.8 Å². The minimum Gasteiger partial charge on any atom is -0.333 e. The molecule has 0 bridgehead atoms. The molecule has 0 aliphatic heterocycles. The van der Waals surface area contributed by atoms with Gasteiger partial charge < -0.3 is 4.90 Å². The molecule has 38 heavy (non-hydrogen) atoms. The fraction of sp³-hybridized carbons (Fsp3) is 0.344. The summed E-state index contributed by atoms with van der Waals surface area (Å²) in [6, 6.07) is 27.0. The van der Waals surface area contributed by atoms with Crippen LogP contribution in [0.4, 0.5) is 0 Å². The highest BCUT2D eigenvalue weighted by atomic mass is 32.2. The Hall–Kier alpha value is -3.38. The molecule has 0 unspecified atom stereocenters. The molecule has 1 aromatic heterocycles. The van der Waals surface area contributed by atoms with Gasteiger partial charge in [-0.2, -0.15) is 0 Å². The number of carbonyl (C=O) groups excluding carboxylic acids is 1. The number of amides is 1. The summed E-state index contributed by atoms with van der Waals surface area (Å²) in [5.74, 6) is 1.11. The highest BCUT2D eigenvalue weighted by Gasteiger charge is 2.27. The summed E-state index contributed by atoms with van der Waals surface area (Å²) in [7, 11) is 0. The molecule has 5 nitrogen and oxygen atoms in total. The zero-order valence-corrected chi connectivity index (χ0v) is 24.3. The molecule has 0 aliphatic carbocycles. The summed E-state index contributed by atoms with van der Waals surface area (Å²) in [4.78, 5) is 15.5. The third-order valence-corrected chi connectivity index (χ3v) is 7.47. The third kappa shape index (κ3) is 6.54. The standard InChI is InChI=1S/C32H38N4OS/c1-23-13-19-27(20-14-23)36-29(25-15-17-26(18-16-25)31(2,3)4)33-34-30(36)38-22-28(37)35(32(5,6)7)21-24-11-9-8-10-12-24/h8-20H,21-22H2,1-7H3. The first kappa shape index (κ1) is 27.6. The van der Waals surface area contributed by atoms with Crippen molar-refractivity contribution in [3.05, 3.63) is 95.6 Å². The van der Waals surface area contributed by atoms with Crippen molar-refractivity contribution in [2.24, 2.45) is 0 Å². The van der Waals surface area contributed by atoms with Gasteiger partial charge in [-0.25, -0.2) is 0 Å². The van der Waals surface area contributed by atoms with Crippen molar-refractivity contribution in [3.8, 4) is 17.1 Å². The second kappa shape index (κ2) is 11.2. The van der Waals surface area contributed by atoms with E-state index in [0.717, 1.165) is 22.6 Å². The number of thioether (sulfide) groups is 1. The number of carbonyl (C=O) groups is 1. The van der Waals surface area contributed by atoms with Crippen LogP contribution in [0.1, 0.15) is 58.2 Å². The first-order valence-corrected chi connectivity index (χ1v) is 14.0. The minimum absolute atomic E-state index is 0.0703. The number of aromatic nitrogens is 3. The Kier molecular flexibility index (Phi) is 8.12. The Bertz CT molecular complexity index is 1360. The maximum atomic E-state index is 13.5. The van der Waals surface area contributed by atoms with Crippen molar-refractivity contribution in [2.75, 3.05) is 5.75 Å². The lowest BCUT2D eigenvalue weighted by Gasteiger charge is -2.36. The van der Waals surface area contributed by atoms with Gasteiger partial charge in [0, 0.05) is 23.3 Å². The molecule has 0 spiro atoms. The van der Waals surface area contributed by atoms with Crippen LogP contribution in [0.25, 0.3) is 17.1 Å². The maximum Gasteiger partial charge on any atom is 0.233 e. The second-order valence-corrected chi connectivity index (χ2v) is 12.7. The van der Waals surface area contributed by atoms with E-state index in [2.05, 4.69) is 124 Å². The van der Waals surface area contributed by atoms with E-state index in [-0.39, 0.29) is 22.6 Å². The van der Waals surface area contributed by atoms with Gasteiger partial charge >= 0.3 is 0 Å². The van der Waals surface area contributed by atoms with Crippen LogP contribution in [0.15, 0.2) is 84.0 Å². The fourth-order valence-electron chi connectivity index (χ4n) is 4.27. The van der Waals surface area contributed by atoms with E-state index in [4.69, 9.17) is 0 Å². The number of benzene rings is 3. The average molecular weight is 527 g/mol. The largest absolute Gasteiger partial charge is 0.333 e. The summed E-state index contributed by atoms with van der Waals surface area (Å²) in [6.45, 7) is 15.5. The van der Waals surface area contributed by atoms with Gasteiger partial charge in [0.15, 0.2) is 11.0 Å². The normalized spacial score (nSPS) is 12.0. The van der Waals surface area contributed by atoms with Gasteiger partial charge in [-0.1, -0.05) is 105 Å². The molecule has 0 saturated heterocycles. The quantitative estimate of drug-likeness (QED) is 0.235. The summed E-state index contributed by atoms with van der Waals surface area (Å²) >= 11 is 1.43. The van der Waals surface area contributed by atoms with Crippen LogP contribution in [0, 0.1) is 6.92 Å². The molecule has 6 heteroatoms. The van der Waals surface area contributed by atoms with Crippen molar-refractivity contribution in [3.63, 3.8) is 0 Å². The van der Waals surface area contributed by atoms with E-state index >= 15 is 0 Å². The van der Waals surface area contributed by atoms with Crippen LogP contribution in [0.3, 0.4) is 0 Å². The molecule has 0 aliphatic rings. The zero-order chi connectivity index (χ0) is 27.5. The monoisotopic (exact) mass is 526 g/mol. The first-order chi connectivity index (χ1) is 17.9. The Morgan fingerprint density at radius 1 is 0.842 bits per heavy atom. The van der Waals surface area contributed by atoms with Gasteiger partial charge in [0.2, 0.25) is 5.91 Å². The van der Waals surface area contributed by atoms with Crippen LogP contribution < -0.4 is 0 Å². The van der Waals surface area contributed by atoms with E-state index in [0.29, 0.717) is 11.7 Å². The Morgan fingerprint density at radius 3 is 2.05 bits per heavy atom. The predicted octanol–water partition coefficient (Wildman–Crippen LogP) is 7.46. The fourth-order valence-corrected chi connectivity index (χ4v) is 5.09. The lowest BCUT2D eigenvalue weighted by molar-refractivity contribution is -0.133. The molecule has 4 rings (SSSR count). The molecular formula is C32H38N4OS. The Labute approximate surface area is 231 Å². The van der Waals surface area contributed by atoms with Gasteiger partial charge in [-0.3, -0.25) is 9.36 Å². The predicted molar refractivity (Wildman–Crippen MR) is 158 cm³/mol. The van der Waals surface area contributed by atoms with Gasteiger partial charge in [-0.05, 0) is 56.4 Å². The minimum atomic E-state index is -0.307. The molecule has 0 fully saturated rings. The van der Waals surface area contributed by atoms with Gasteiger partial charge in [-0.15, -0.1) is 10.2 Å². The summed E-state index contributed by atoms with van der Waals surface area (Å²) < 4.78 is 2.06. The average Bonchev–Trinajstić information content (AvgIpc) is 3.30. The molecule has 3 aromatic carbocycles. The van der Waals surface area contributed by atoms with Crippen molar-refractivity contribution in [1.29, 1.82) is 0 Å². The van der Waals surface area contributed by atoms with Gasteiger partial charge in [0.1, 0.15) is 0 Å². The Morgan fingerprint density at radius 2 is 1.47 bits per heavy atom. The van der Waals surface area contributed by atoms with Crippen LogP contribution in [0.5, 0.6) is 0 Å². The van der Waals surface area contributed by atoms with E-state index in [9.17, 15) is 4.79 Å². The lowest BCUT2D eigenvalue weighted by atomic mass is 9.87. The summed E-state index contributed by atoms with van der Waals surface area (Å²) in [5.41, 5.74) is 5.30. The van der Waals surface area contributed by atoms with E-state index < -0.39 is 0 Å². The van der Waals surface area contributed by atoms with Gasteiger partial charge in [0.25, 0.3) is 0 Å². The molecule has 0 radical (unpaired) electrons.